The standard InChI is InChI=1S/C15H14BrNO3S/c1-9(15(19)20-2)17-14(18)13-8-7-12(21-13)10-3-5-11(16)6-4-10/h3-9H,1-2H3,(H,17,18)/t9-/m1/s1. The molecule has 0 unspecified atom stereocenters. The summed E-state index contributed by atoms with van der Waals surface area (Å²) < 4.78 is 5.59. The maximum atomic E-state index is 12.1. The molecule has 4 nitrogen and oxygen atoms in total. The van der Waals surface area contributed by atoms with Crippen LogP contribution in [0.4, 0.5) is 0 Å². The van der Waals surface area contributed by atoms with Crippen LogP contribution in [-0.2, 0) is 9.53 Å². The van der Waals surface area contributed by atoms with Gasteiger partial charge in [-0.05, 0) is 36.8 Å². The van der Waals surface area contributed by atoms with Crippen molar-refractivity contribution in [3.63, 3.8) is 0 Å². The molecule has 110 valence electrons. The average molecular weight is 368 g/mol. The van der Waals surface area contributed by atoms with E-state index in [0.29, 0.717) is 4.88 Å². The Balaban J connectivity index is 2.10. The van der Waals surface area contributed by atoms with Gasteiger partial charge in [-0.3, -0.25) is 4.79 Å². The zero-order valence-electron chi connectivity index (χ0n) is 11.6. The van der Waals surface area contributed by atoms with Gasteiger partial charge in [-0.15, -0.1) is 11.3 Å². The van der Waals surface area contributed by atoms with E-state index in [2.05, 4.69) is 26.0 Å². The van der Waals surface area contributed by atoms with Crippen LogP contribution in [0.3, 0.4) is 0 Å². The van der Waals surface area contributed by atoms with E-state index in [1.807, 2.05) is 30.3 Å². The third-order valence-electron chi connectivity index (χ3n) is 2.86. The topological polar surface area (TPSA) is 55.4 Å². The number of hydrogen-bond donors (Lipinski definition) is 1. The lowest BCUT2D eigenvalue weighted by atomic mass is 10.2. The van der Waals surface area contributed by atoms with Crippen molar-refractivity contribution in [3.8, 4) is 10.4 Å². The summed E-state index contributed by atoms with van der Waals surface area (Å²) in [6.07, 6.45) is 0. The van der Waals surface area contributed by atoms with E-state index in [0.717, 1.165) is 14.9 Å². The Morgan fingerprint density at radius 2 is 1.86 bits per heavy atom. The quantitative estimate of drug-likeness (QED) is 0.841. The van der Waals surface area contributed by atoms with Crippen LogP contribution < -0.4 is 5.32 Å². The number of methoxy groups -OCH3 is 1. The van der Waals surface area contributed by atoms with Gasteiger partial charge in [0.05, 0.1) is 12.0 Å². The molecule has 6 heteroatoms. The van der Waals surface area contributed by atoms with Crippen molar-refractivity contribution in [3.05, 3.63) is 45.7 Å². The number of halogens is 1. The van der Waals surface area contributed by atoms with Crippen LogP contribution in [-0.4, -0.2) is 25.0 Å². The van der Waals surface area contributed by atoms with Crippen LogP contribution in [0.25, 0.3) is 10.4 Å². The Morgan fingerprint density at radius 3 is 2.48 bits per heavy atom. The average Bonchev–Trinajstić information content (AvgIpc) is 2.97. The van der Waals surface area contributed by atoms with E-state index >= 15 is 0 Å². The smallest absolute Gasteiger partial charge is 0.328 e. The molecule has 1 aromatic carbocycles. The van der Waals surface area contributed by atoms with E-state index in [-0.39, 0.29) is 5.91 Å². The first-order valence-corrected chi connectivity index (χ1v) is 7.86. The molecule has 1 N–H and O–H groups in total. The Labute approximate surface area is 135 Å². The maximum Gasteiger partial charge on any atom is 0.328 e. The summed E-state index contributed by atoms with van der Waals surface area (Å²) in [5.74, 6) is -0.741. The predicted octanol–water partition coefficient (Wildman–Crippen LogP) is 3.47. The van der Waals surface area contributed by atoms with Crippen molar-refractivity contribution < 1.29 is 14.3 Å². The molecule has 0 saturated carbocycles. The zero-order chi connectivity index (χ0) is 15.4. The van der Waals surface area contributed by atoms with Crippen LogP contribution >= 0.6 is 27.3 Å². The molecule has 1 aromatic heterocycles. The third-order valence-corrected chi connectivity index (χ3v) is 4.52. The van der Waals surface area contributed by atoms with Gasteiger partial charge in [0.15, 0.2) is 0 Å². The van der Waals surface area contributed by atoms with Gasteiger partial charge in [0, 0.05) is 9.35 Å². The summed E-state index contributed by atoms with van der Waals surface area (Å²) in [6, 6.07) is 10.8. The number of rotatable bonds is 4. The molecule has 0 radical (unpaired) electrons. The number of esters is 1. The highest BCUT2D eigenvalue weighted by molar-refractivity contribution is 9.10. The van der Waals surface area contributed by atoms with Crippen LogP contribution in [0, 0.1) is 0 Å². The van der Waals surface area contributed by atoms with Crippen molar-refractivity contribution in [2.24, 2.45) is 0 Å². The van der Waals surface area contributed by atoms with Gasteiger partial charge in [0.25, 0.3) is 5.91 Å². The van der Waals surface area contributed by atoms with Gasteiger partial charge in [-0.1, -0.05) is 28.1 Å². The number of thiophene rings is 1. The second-order valence-corrected chi connectivity index (χ2v) is 6.39. The molecule has 1 atom stereocenters. The summed E-state index contributed by atoms with van der Waals surface area (Å²) in [6.45, 7) is 1.59. The molecule has 1 heterocycles. The number of carbonyl (C=O) groups is 2. The van der Waals surface area contributed by atoms with Crippen LogP contribution in [0.5, 0.6) is 0 Å². The van der Waals surface area contributed by atoms with Gasteiger partial charge in [-0.2, -0.15) is 0 Å². The zero-order valence-corrected chi connectivity index (χ0v) is 14.0. The predicted molar refractivity (Wildman–Crippen MR) is 86.4 cm³/mol. The number of carbonyl (C=O) groups excluding carboxylic acids is 2. The Morgan fingerprint density at radius 1 is 1.19 bits per heavy atom. The third kappa shape index (κ3) is 3.92. The molecule has 0 aliphatic rings. The normalized spacial score (nSPS) is 11.8. The summed E-state index contributed by atoms with van der Waals surface area (Å²) in [7, 11) is 1.29. The molecule has 0 aliphatic carbocycles. The van der Waals surface area contributed by atoms with E-state index in [1.165, 1.54) is 18.4 Å². The largest absolute Gasteiger partial charge is 0.467 e. The first-order valence-electron chi connectivity index (χ1n) is 6.25. The van der Waals surface area contributed by atoms with E-state index in [1.54, 1.807) is 13.0 Å². The van der Waals surface area contributed by atoms with Crippen molar-refractivity contribution >= 4 is 39.1 Å². The molecule has 0 saturated heterocycles. The molecule has 2 rings (SSSR count). The van der Waals surface area contributed by atoms with Gasteiger partial charge < -0.3 is 10.1 Å². The van der Waals surface area contributed by atoms with E-state index in [4.69, 9.17) is 0 Å². The van der Waals surface area contributed by atoms with Crippen LogP contribution in [0.2, 0.25) is 0 Å². The second kappa shape index (κ2) is 6.87. The summed E-state index contributed by atoms with van der Waals surface area (Å²) >= 11 is 4.77. The fourth-order valence-electron chi connectivity index (χ4n) is 1.73. The summed E-state index contributed by atoms with van der Waals surface area (Å²) in [4.78, 5) is 24.9. The number of hydrogen-bond acceptors (Lipinski definition) is 4. The minimum atomic E-state index is -0.666. The first kappa shape index (κ1) is 15.7. The molecular formula is C15H14BrNO3S. The van der Waals surface area contributed by atoms with Crippen molar-refractivity contribution in [1.82, 2.24) is 5.32 Å². The lowest BCUT2D eigenvalue weighted by molar-refractivity contribution is -0.142. The van der Waals surface area contributed by atoms with Crippen molar-refractivity contribution in [1.29, 1.82) is 0 Å². The Bertz CT molecular complexity index is 651. The van der Waals surface area contributed by atoms with Gasteiger partial charge in [-0.25, -0.2) is 4.79 Å². The van der Waals surface area contributed by atoms with Gasteiger partial charge >= 0.3 is 5.97 Å². The van der Waals surface area contributed by atoms with Crippen LogP contribution in [0.15, 0.2) is 40.9 Å². The Hall–Kier alpha value is -1.66. The van der Waals surface area contributed by atoms with E-state index in [9.17, 15) is 9.59 Å². The molecule has 0 aliphatic heterocycles. The summed E-state index contributed by atoms with van der Waals surface area (Å²) in [5.41, 5.74) is 1.04. The SMILES string of the molecule is COC(=O)[C@@H](C)NC(=O)c1ccc(-c2ccc(Br)cc2)s1. The lowest BCUT2D eigenvalue weighted by Gasteiger charge is -2.10. The molecule has 0 fully saturated rings. The maximum absolute atomic E-state index is 12.1. The molecule has 0 bridgehead atoms. The highest BCUT2D eigenvalue weighted by atomic mass is 79.9. The minimum absolute atomic E-state index is 0.277. The Kier molecular flexibility index (Phi) is 5.14. The first-order chi connectivity index (χ1) is 10.0. The fraction of sp³-hybridized carbons (Fsp3) is 0.200. The molecular weight excluding hydrogens is 354 g/mol. The molecule has 0 spiro atoms. The summed E-state index contributed by atoms with van der Waals surface area (Å²) in [5, 5.41) is 2.61. The van der Waals surface area contributed by atoms with Gasteiger partial charge in [0.1, 0.15) is 6.04 Å². The number of ether oxygens (including phenoxy) is 1. The highest BCUT2D eigenvalue weighted by Crippen LogP contribution is 2.29. The number of benzene rings is 1. The highest BCUT2D eigenvalue weighted by Gasteiger charge is 2.18. The van der Waals surface area contributed by atoms with Gasteiger partial charge in [0.2, 0.25) is 0 Å². The van der Waals surface area contributed by atoms with E-state index < -0.39 is 12.0 Å². The monoisotopic (exact) mass is 367 g/mol. The molecule has 2 aromatic rings. The molecule has 1 amide bonds. The lowest BCUT2D eigenvalue weighted by Crippen LogP contribution is -2.38. The number of nitrogens with one attached hydrogen (secondary N) is 1. The number of amides is 1. The van der Waals surface area contributed by atoms with Crippen molar-refractivity contribution in [2.45, 2.75) is 13.0 Å². The second-order valence-electron chi connectivity index (χ2n) is 4.39. The van der Waals surface area contributed by atoms with Crippen molar-refractivity contribution in [2.75, 3.05) is 7.11 Å². The molecule has 21 heavy (non-hydrogen) atoms. The van der Waals surface area contributed by atoms with Crippen LogP contribution in [0.1, 0.15) is 16.6 Å². The minimum Gasteiger partial charge on any atom is -0.467 e. The fourth-order valence-corrected chi connectivity index (χ4v) is 2.91.